The van der Waals surface area contributed by atoms with Crippen molar-refractivity contribution in [2.75, 3.05) is 53.4 Å². The van der Waals surface area contributed by atoms with Gasteiger partial charge in [0.2, 0.25) is 5.91 Å². The van der Waals surface area contributed by atoms with E-state index in [0.29, 0.717) is 6.54 Å². The predicted molar refractivity (Wildman–Crippen MR) is 81.2 cm³/mol. The number of nitrogens with one attached hydrogen (secondary N) is 2. The Morgan fingerprint density at radius 3 is 2.35 bits per heavy atom. The first-order valence-corrected chi connectivity index (χ1v) is 6.78. The predicted octanol–water partition coefficient (Wildman–Crippen LogP) is -0.299. The molecule has 5 nitrogen and oxygen atoms in total. The zero-order chi connectivity index (χ0) is 15.1. The second-order valence-electron chi connectivity index (χ2n) is 5.35. The van der Waals surface area contributed by atoms with Gasteiger partial charge in [-0.1, -0.05) is 12.1 Å². The lowest BCUT2D eigenvalue weighted by molar-refractivity contribution is -0.890. The second kappa shape index (κ2) is 7.87. The number of hydrogen-bond donors (Lipinski definition) is 2. The van der Waals surface area contributed by atoms with Crippen molar-refractivity contribution < 1.29 is 14.4 Å². The number of anilines is 1. The van der Waals surface area contributed by atoms with Gasteiger partial charge in [0.1, 0.15) is 12.6 Å². The summed E-state index contributed by atoms with van der Waals surface area (Å²) >= 11 is 0. The fraction of sp³-hybridized carbons (Fsp3) is 0.533. The average Bonchev–Trinajstić information content (AvgIpc) is 2.39. The summed E-state index contributed by atoms with van der Waals surface area (Å²) in [7, 11) is 9.75. The van der Waals surface area contributed by atoms with Crippen LogP contribution in [-0.2, 0) is 9.53 Å². The van der Waals surface area contributed by atoms with Gasteiger partial charge in [0.15, 0.2) is 0 Å². The van der Waals surface area contributed by atoms with E-state index >= 15 is 0 Å². The summed E-state index contributed by atoms with van der Waals surface area (Å²) in [6.07, 6.45) is 0. The summed E-state index contributed by atoms with van der Waals surface area (Å²) in [4.78, 5) is 14.8. The largest absolute Gasteiger partial charge is 0.378 e. The Kier molecular flexibility index (Phi) is 6.48. The van der Waals surface area contributed by atoms with Crippen molar-refractivity contribution in [1.82, 2.24) is 5.32 Å². The van der Waals surface area contributed by atoms with Crippen LogP contribution in [-0.4, -0.2) is 54.4 Å². The first-order chi connectivity index (χ1) is 9.45. The topological polar surface area (TPSA) is 46.0 Å². The zero-order valence-corrected chi connectivity index (χ0v) is 13.1. The molecular formula is C15H26N3O2+. The lowest BCUT2D eigenvalue weighted by Gasteiger charge is -2.23. The van der Waals surface area contributed by atoms with Crippen LogP contribution in [0.2, 0.25) is 0 Å². The number of amides is 1. The van der Waals surface area contributed by atoms with Crippen molar-refractivity contribution in [2.24, 2.45) is 0 Å². The lowest BCUT2D eigenvalue weighted by atomic mass is 10.1. The fourth-order valence-corrected chi connectivity index (χ4v) is 2.06. The molecule has 0 fully saturated rings. The smallest absolute Gasteiger partial charge is 0.246 e. The van der Waals surface area contributed by atoms with E-state index in [4.69, 9.17) is 4.74 Å². The van der Waals surface area contributed by atoms with E-state index in [1.165, 1.54) is 23.3 Å². The van der Waals surface area contributed by atoms with Gasteiger partial charge in [0, 0.05) is 32.5 Å². The third-order valence-electron chi connectivity index (χ3n) is 3.29. The molecule has 0 radical (unpaired) electrons. The number of likely N-dealkylation sites (N-methyl/N-ethyl adjacent to an activating group) is 1. The third-order valence-corrected chi connectivity index (χ3v) is 3.29. The third kappa shape index (κ3) is 4.83. The summed E-state index contributed by atoms with van der Waals surface area (Å²) in [6, 6.07) is 8.67. The number of ether oxygens (including phenoxy) is 1. The van der Waals surface area contributed by atoms with E-state index in [-0.39, 0.29) is 18.6 Å². The van der Waals surface area contributed by atoms with Crippen molar-refractivity contribution >= 4 is 11.6 Å². The molecule has 0 saturated heterocycles. The molecule has 0 aliphatic heterocycles. The molecule has 5 heteroatoms. The molecule has 0 aliphatic rings. The van der Waals surface area contributed by atoms with Gasteiger partial charge in [-0.25, -0.2) is 0 Å². The monoisotopic (exact) mass is 280 g/mol. The first kappa shape index (κ1) is 16.5. The van der Waals surface area contributed by atoms with Gasteiger partial charge in [-0.15, -0.1) is 0 Å². The molecule has 0 aromatic heterocycles. The maximum absolute atomic E-state index is 11.5. The van der Waals surface area contributed by atoms with Gasteiger partial charge < -0.3 is 19.9 Å². The Balaban J connectivity index is 2.73. The molecule has 0 unspecified atom stereocenters. The Labute approximate surface area is 121 Å². The number of carbonyl (C=O) groups is 1. The quantitative estimate of drug-likeness (QED) is 0.721. The minimum absolute atomic E-state index is 0.0799. The van der Waals surface area contributed by atoms with Crippen LogP contribution in [0.1, 0.15) is 11.6 Å². The molecule has 0 bridgehead atoms. The Morgan fingerprint density at radius 1 is 1.30 bits per heavy atom. The van der Waals surface area contributed by atoms with E-state index in [2.05, 4.69) is 48.6 Å². The number of hydrogen-bond acceptors (Lipinski definition) is 3. The number of rotatable bonds is 7. The SMILES string of the molecule is COCC(=O)NC[C@@H](c1ccc(N(C)C)cc1)[NH+](C)C. The number of quaternary nitrogens is 1. The molecule has 1 rings (SSSR count). The molecule has 1 aromatic rings. The first-order valence-electron chi connectivity index (χ1n) is 6.78. The molecule has 1 atom stereocenters. The van der Waals surface area contributed by atoms with Crippen molar-refractivity contribution in [2.45, 2.75) is 6.04 Å². The lowest BCUT2D eigenvalue weighted by Crippen LogP contribution is -3.07. The number of nitrogens with zero attached hydrogens (tertiary/aromatic N) is 1. The zero-order valence-electron chi connectivity index (χ0n) is 13.1. The standard InChI is InChI=1S/C15H25N3O2/c1-17(2)13-8-6-12(7-9-13)14(18(3)4)10-16-15(19)11-20-5/h6-9,14H,10-11H2,1-5H3,(H,16,19)/p+1/t14-/m0/s1. The highest BCUT2D eigenvalue weighted by molar-refractivity contribution is 5.77. The highest BCUT2D eigenvalue weighted by Crippen LogP contribution is 2.15. The van der Waals surface area contributed by atoms with Crippen LogP contribution in [0.15, 0.2) is 24.3 Å². The van der Waals surface area contributed by atoms with Gasteiger partial charge in [0.05, 0.1) is 20.6 Å². The highest BCUT2D eigenvalue weighted by Gasteiger charge is 2.18. The minimum Gasteiger partial charge on any atom is -0.378 e. The Hall–Kier alpha value is -1.59. The molecule has 0 heterocycles. The van der Waals surface area contributed by atoms with Gasteiger partial charge in [0.25, 0.3) is 0 Å². The van der Waals surface area contributed by atoms with Gasteiger partial charge >= 0.3 is 0 Å². The highest BCUT2D eigenvalue weighted by atomic mass is 16.5. The van der Waals surface area contributed by atoms with Crippen LogP contribution in [0, 0.1) is 0 Å². The molecule has 1 amide bonds. The molecule has 112 valence electrons. The Bertz CT molecular complexity index is 416. The Morgan fingerprint density at radius 2 is 1.90 bits per heavy atom. The number of methoxy groups -OCH3 is 1. The maximum Gasteiger partial charge on any atom is 0.246 e. The van der Waals surface area contributed by atoms with Crippen LogP contribution in [0.25, 0.3) is 0 Å². The molecule has 0 spiro atoms. The summed E-state index contributed by atoms with van der Waals surface area (Å²) in [6.45, 7) is 0.709. The van der Waals surface area contributed by atoms with E-state index < -0.39 is 0 Å². The summed E-state index contributed by atoms with van der Waals surface area (Å²) in [5, 5.41) is 2.91. The number of benzene rings is 1. The van der Waals surface area contributed by atoms with Crippen molar-refractivity contribution in [1.29, 1.82) is 0 Å². The van der Waals surface area contributed by atoms with Crippen LogP contribution < -0.4 is 15.1 Å². The van der Waals surface area contributed by atoms with Crippen molar-refractivity contribution in [3.63, 3.8) is 0 Å². The van der Waals surface area contributed by atoms with E-state index in [1.807, 2.05) is 14.1 Å². The summed E-state index contributed by atoms with van der Waals surface area (Å²) < 4.78 is 4.82. The van der Waals surface area contributed by atoms with Crippen molar-refractivity contribution in [3.05, 3.63) is 29.8 Å². The normalized spacial score (nSPS) is 12.3. The molecular weight excluding hydrogens is 254 g/mol. The number of carbonyl (C=O) groups excluding carboxylic acids is 1. The average molecular weight is 280 g/mol. The van der Waals surface area contributed by atoms with E-state index in [1.54, 1.807) is 0 Å². The van der Waals surface area contributed by atoms with Gasteiger partial charge in [-0.2, -0.15) is 0 Å². The van der Waals surface area contributed by atoms with Crippen molar-refractivity contribution in [3.8, 4) is 0 Å². The van der Waals surface area contributed by atoms with E-state index in [9.17, 15) is 4.79 Å². The second-order valence-corrected chi connectivity index (χ2v) is 5.35. The molecule has 0 saturated carbocycles. The fourth-order valence-electron chi connectivity index (χ4n) is 2.06. The maximum atomic E-state index is 11.5. The van der Waals surface area contributed by atoms with Crippen LogP contribution in [0.4, 0.5) is 5.69 Å². The van der Waals surface area contributed by atoms with Gasteiger partial charge in [-0.05, 0) is 12.1 Å². The van der Waals surface area contributed by atoms with Crippen LogP contribution >= 0.6 is 0 Å². The summed E-state index contributed by atoms with van der Waals surface area (Å²) in [5.41, 5.74) is 2.39. The van der Waals surface area contributed by atoms with Crippen LogP contribution in [0.3, 0.4) is 0 Å². The molecule has 1 aromatic carbocycles. The molecule has 2 N–H and O–H groups in total. The van der Waals surface area contributed by atoms with Gasteiger partial charge in [-0.3, -0.25) is 4.79 Å². The van der Waals surface area contributed by atoms with Crippen LogP contribution in [0.5, 0.6) is 0 Å². The van der Waals surface area contributed by atoms with E-state index in [0.717, 1.165) is 0 Å². The molecule has 0 aliphatic carbocycles. The summed E-state index contributed by atoms with van der Waals surface area (Å²) in [5.74, 6) is -0.0799. The molecule has 20 heavy (non-hydrogen) atoms. The minimum atomic E-state index is -0.0799.